The van der Waals surface area contributed by atoms with Crippen molar-refractivity contribution in [3.05, 3.63) is 29.3 Å². The molecule has 0 saturated heterocycles. The molecule has 0 aromatic heterocycles. The van der Waals surface area contributed by atoms with E-state index in [2.05, 4.69) is 5.32 Å². The average molecular weight is 180 g/mol. The molecule has 0 radical (unpaired) electrons. The van der Waals surface area contributed by atoms with Crippen LogP contribution in [-0.4, -0.2) is 12.0 Å². The van der Waals surface area contributed by atoms with Gasteiger partial charge >= 0.3 is 0 Å². The van der Waals surface area contributed by atoms with Crippen LogP contribution < -0.4 is 11.1 Å². The first kappa shape index (κ1) is 9.00. The Kier molecular flexibility index (Phi) is 2.65. The van der Waals surface area contributed by atoms with E-state index in [1.54, 1.807) is 0 Å². The largest absolute Gasteiger partial charge is 0.389 e. The fraction of sp³-hybridized carbons (Fsp3) is 0.222. The van der Waals surface area contributed by atoms with Gasteiger partial charge in [-0.05, 0) is 18.6 Å². The lowest BCUT2D eigenvalue weighted by molar-refractivity contribution is 1.39. The van der Waals surface area contributed by atoms with Crippen LogP contribution in [0, 0.1) is 6.92 Å². The van der Waals surface area contributed by atoms with Gasteiger partial charge in [0, 0.05) is 18.3 Å². The van der Waals surface area contributed by atoms with E-state index in [1.165, 1.54) is 0 Å². The van der Waals surface area contributed by atoms with Gasteiger partial charge in [-0.2, -0.15) is 0 Å². The standard InChI is InChI=1S/C9H12N2S/c1-6-4-3-5-7(9(10)12)8(6)11-2/h3-5,11H,1-2H3,(H2,10,12). The number of hydrogen-bond donors (Lipinski definition) is 2. The fourth-order valence-electron chi connectivity index (χ4n) is 1.20. The minimum absolute atomic E-state index is 0.433. The molecule has 0 amide bonds. The third-order valence-corrected chi connectivity index (χ3v) is 2.01. The Balaban J connectivity index is 3.27. The molecule has 3 N–H and O–H groups in total. The lowest BCUT2D eigenvalue weighted by Gasteiger charge is -2.09. The Hall–Kier alpha value is -1.09. The lowest BCUT2D eigenvalue weighted by Crippen LogP contribution is -2.12. The Labute approximate surface area is 77.8 Å². The zero-order valence-electron chi connectivity index (χ0n) is 7.22. The highest BCUT2D eigenvalue weighted by atomic mass is 32.1. The van der Waals surface area contributed by atoms with Crippen LogP contribution >= 0.6 is 12.2 Å². The second-order valence-corrected chi connectivity index (χ2v) is 3.05. The van der Waals surface area contributed by atoms with Crippen molar-refractivity contribution in [1.82, 2.24) is 0 Å². The number of hydrogen-bond acceptors (Lipinski definition) is 2. The van der Waals surface area contributed by atoms with Crippen molar-refractivity contribution < 1.29 is 0 Å². The average Bonchev–Trinajstić information content (AvgIpc) is 2.03. The van der Waals surface area contributed by atoms with Crippen LogP contribution in [0.2, 0.25) is 0 Å². The van der Waals surface area contributed by atoms with E-state index in [0.717, 1.165) is 16.8 Å². The summed E-state index contributed by atoms with van der Waals surface area (Å²) in [5.41, 5.74) is 8.63. The monoisotopic (exact) mass is 180 g/mol. The van der Waals surface area contributed by atoms with Crippen LogP contribution in [0.5, 0.6) is 0 Å². The summed E-state index contributed by atoms with van der Waals surface area (Å²) in [6, 6.07) is 5.89. The molecule has 0 atom stereocenters. The van der Waals surface area contributed by atoms with Crippen LogP contribution in [0.1, 0.15) is 11.1 Å². The van der Waals surface area contributed by atoms with Crippen LogP contribution in [0.25, 0.3) is 0 Å². The highest BCUT2D eigenvalue weighted by molar-refractivity contribution is 7.80. The molecule has 1 aromatic carbocycles. The zero-order valence-corrected chi connectivity index (χ0v) is 8.03. The van der Waals surface area contributed by atoms with Gasteiger partial charge < -0.3 is 11.1 Å². The van der Waals surface area contributed by atoms with E-state index in [4.69, 9.17) is 18.0 Å². The number of para-hydroxylation sites is 1. The number of anilines is 1. The minimum Gasteiger partial charge on any atom is -0.389 e. The maximum Gasteiger partial charge on any atom is 0.106 e. The lowest BCUT2D eigenvalue weighted by atomic mass is 10.1. The zero-order chi connectivity index (χ0) is 9.14. The first-order valence-electron chi connectivity index (χ1n) is 3.74. The van der Waals surface area contributed by atoms with Gasteiger partial charge in [-0.25, -0.2) is 0 Å². The van der Waals surface area contributed by atoms with Crippen molar-refractivity contribution in [1.29, 1.82) is 0 Å². The van der Waals surface area contributed by atoms with Gasteiger partial charge in [-0.15, -0.1) is 0 Å². The number of nitrogens with one attached hydrogen (secondary N) is 1. The van der Waals surface area contributed by atoms with Gasteiger partial charge in [0.2, 0.25) is 0 Å². The summed E-state index contributed by atoms with van der Waals surface area (Å²) in [6.45, 7) is 2.02. The van der Waals surface area contributed by atoms with E-state index in [1.807, 2.05) is 32.2 Å². The number of aryl methyl sites for hydroxylation is 1. The predicted octanol–water partition coefficient (Wildman–Crippen LogP) is 1.67. The molecule has 0 bridgehead atoms. The first-order chi connectivity index (χ1) is 5.66. The van der Waals surface area contributed by atoms with E-state index in [9.17, 15) is 0 Å². The third-order valence-electron chi connectivity index (χ3n) is 1.79. The van der Waals surface area contributed by atoms with Crippen LogP contribution in [0.3, 0.4) is 0 Å². The fourth-order valence-corrected chi connectivity index (χ4v) is 1.38. The maximum absolute atomic E-state index is 5.55. The molecule has 0 spiro atoms. The SMILES string of the molecule is CNc1c(C)cccc1C(N)=S. The molecule has 0 aliphatic carbocycles. The van der Waals surface area contributed by atoms with E-state index >= 15 is 0 Å². The summed E-state index contributed by atoms with van der Waals surface area (Å²) in [4.78, 5) is 0.433. The predicted molar refractivity (Wildman–Crippen MR) is 56.6 cm³/mol. The summed E-state index contributed by atoms with van der Waals surface area (Å²) in [5, 5.41) is 3.08. The maximum atomic E-state index is 5.55. The minimum atomic E-state index is 0.433. The molecule has 1 rings (SSSR count). The summed E-state index contributed by atoms with van der Waals surface area (Å²) in [5.74, 6) is 0. The number of rotatable bonds is 2. The molecule has 0 aliphatic heterocycles. The Morgan fingerprint density at radius 2 is 2.17 bits per heavy atom. The number of nitrogens with two attached hydrogens (primary N) is 1. The topological polar surface area (TPSA) is 38.0 Å². The van der Waals surface area contributed by atoms with Gasteiger partial charge in [0.25, 0.3) is 0 Å². The van der Waals surface area contributed by atoms with Crippen LogP contribution in [-0.2, 0) is 0 Å². The van der Waals surface area contributed by atoms with E-state index < -0.39 is 0 Å². The van der Waals surface area contributed by atoms with Crippen LogP contribution in [0.15, 0.2) is 18.2 Å². The quantitative estimate of drug-likeness (QED) is 0.680. The van der Waals surface area contributed by atoms with Crippen molar-refractivity contribution >= 4 is 22.9 Å². The van der Waals surface area contributed by atoms with E-state index in [0.29, 0.717) is 4.99 Å². The second-order valence-electron chi connectivity index (χ2n) is 2.61. The molecule has 2 nitrogen and oxygen atoms in total. The Morgan fingerprint density at radius 3 is 2.58 bits per heavy atom. The second kappa shape index (κ2) is 3.54. The van der Waals surface area contributed by atoms with Crippen molar-refractivity contribution in [2.24, 2.45) is 5.73 Å². The van der Waals surface area contributed by atoms with Gasteiger partial charge in [-0.3, -0.25) is 0 Å². The Bertz CT molecular complexity index is 307. The molecule has 0 unspecified atom stereocenters. The summed E-state index contributed by atoms with van der Waals surface area (Å²) < 4.78 is 0. The molecular weight excluding hydrogens is 168 g/mol. The Morgan fingerprint density at radius 1 is 1.50 bits per heavy atom. The van der Waals surface area contributed by atoms with Crippen molar-refractivity contribution in [3.8, 4) is 0 Å². The van der Waals surface area contributed by atoms with Gasteiger partial charge in [0.05, 0.1) is 0 Å². The normalized spacial score (nSPS) is 9.50. The molecule has 1 aromatic rings. The summed E-state index contributed by atoms with van der Waals surface area (Å²) in [7, 11) is 1.87. The molecule has 0 fully saturated rings. The van der Waals surface area contributed by atoms with E-state index in [-0.39, 0.29) is 0 Å². The van der Waals surface area contributed by atoms with Crippen molar-refractivity contribution in [3.63, 3.8) is 0 Å². The van der Waals surface area contributed by atoms with Gasteiger partial charge in [0.1, 0.15) is 4.99 Å². The molecule has 0 aliphatic rings. The van der Waals surface area contributed by atoms with Crippen LogP contribution in [0.4, 0.5) is 5.69 Å². The van der Waals surface area contributed by atoms with Gasteiger partial charge in [0.15, 0.2) is 0 Å². The molecular formula is C9H12N2S. The smallest absolute Gasteiger partial charge is 0.106 e. The highest BCUT2D eigenvalue weighted by Gasteiger charge is 2.04. The van der Waals surface area contributed by atoms with Crippen molar-refractivity contribution in [2.45, 2.75) is 6.92 Å². The summed E-state index contributed by atoms with van der Waals surface area (Å²) >= 11 is 4.91. The molecule has 0 saturated carbocycles. The highest BCUT2D eigenvalue weighted by Crippen LogP contribution is 2.19. The molecule has 12 heavy (non-hydrogen) atoms. The first-order valence-corrected chi connectivity index (χ1v) is 4.15. The molecule has 0 heterocycles. The molecule has 3 heteroatoms. The van der Waals surface area contributed by atoms with Crippen molar-refractivity contribution in [2.75, 3.05) is 12.4 Å². The number of thiocarbonyl (C=S) groups is 1. The third kappa shape index (κ3) is 1.56. The van der Waals surface area contributed by atoms with Gasteiger partial charge in [-0.1, -0.05) is 24.4 Å². The number of benzene rings is 1. The molecule has 64 valence electrons. The summed E-state index contributed by atoms with van der Waals surface area (Å²) in [6.07, 6.45) is 0.